The van der Waals surface area contributed by atoms with Crippen molar-refractivity contribution in [1.29, 1.82) is 0 Å². The Labute approximate surface area is 122 Å². The molecule has 0 fully saturated rings. The highest BCUT2D eigenvalue weighted by atomic mass is 32.2. The number of nitrogen functional groups attached to an aromatic ring is 1. The molecule has 0 unspecified atom stereocenters. The van der Waals surface area contributed by atoms with Crippen LogP contribution in [0.15, 0.2) is 23.1 Å². The van der Waals surface area contributed by atoms with Crippen LogP contribution in [0.2, 0.25) is 0 Å². The molecule has 0 aromatic heterocycles. The molecular weight excluding hydrogens is 298 g/mol. The van der Waals surface area contributed by atoms with Crippen molar-refractivity contribution in [3.05, 3.63) is 23.8 Å². The smallest absolute Gasteiger partial charge is 0.337 e. The van der Waals surface area contributed by atoms with Crippen LogP contribution in [0.3, 0.4) is 0 Å². The Morgan fingerprint density at radius 3 is 2.52 bits per heavy atom. The van der Waals surface area contributed by atoms with Crippen LogP contribution in [-0.4, -0.2) is 49.8 Å². The Morgan fingerprint density at radius 2 is 2.00 bits per heavy atom. The summed E-state index contributed by atoms with van der Waals surface area (Å²) in [4.78, 5) is 22.2. The monoisotopic (exact) mass is 315 g/mol. The van der Waals surface area contributed by atoms with Gasteiger partial charge in [0.15, 0.2) is 0 Å². The molecule has 21 heavy (non-hydrogen) atoms. The molecule has 1 rings (SSSR count). The first-order chi connectivity index (χ1) is 9.70. The molecular formula is C12H17N3O5S. The van der Waals surface area contributed by atoms with Gasteiger partial charge in [0.05, 0.1) is 17.0 Å². The summed E-state index contributed by atoms with van der Waals surface area (Å²) in [6.07, 6.45) is 0. The number of carbonyl (C=O) groups excluding carboxylic acids is 1. The number of nitrogens with two attached hydrogens (primary N) is 1. The molecule has 0 aliphatic rings. The average molecular weight is 315 g/mol. The number of nitrogens with zero attached hydrogens (tertiary/aromatic N) is 1. The Morgan fingerprint density at radius 1 is 1.38 bits per heavy atom. The molecule has 116 valence electrons. The maximum Gasteiger partial charge on any atom is 0.337 e. The first kappa shape index (κ1) is 16.9. The maximum absolute atomic E-state index is 12.4. The van der Waals surface area contributed by atoms with E-state index in [2.05, 4.69) is 5.32 Å². The van der Waals surface area contributed by atoms with Crippen molar-refractivity contribution in [1.82, 2.24) is 9.62 Å². The van der Waals surface area contributed by atoms with E-state index in [4.69, 9.17) is 10.8 Å². The highest BCUT2D eigenvalue weighted by Gasteiger charge is 2.27. The van der Waals surface area contributed by atoms with Gasteiger partial charge in [-0.1, -0.05) is 0 Å². The van der Waals surface area contributed by atoms with E-state index < -0.39 is 38.9 Å². The normalized spacial score (nSPS) is 11.4. The first-order valence-electron chi connectivity index (χ1n) is 6.06. The highest BCUT2D eigenvalue weighted by molar-refractivity contribution is 7.89. The number of carboxylic acids is 1. The fourth-order valence-corrected chi connectivity index (χ4v) is 2.93. The Kier molecular flexibility index (Phi) is 5.28. The van der Waals surface area contributed by atoms with E-state index in [-0.39, 0.29) is 5.69 Å². The molecule has 0 heterocycles. The van der Waals surface area contributed by atoms with Crippen LogP contribution in [0.1, 0.15) is 17.3 Å². The van der Waals surface area contributed by atoms with Crippen molar-refractivity contribution >= 4 is 27.6 Å². The largest absolute Gasteiger partial charge is 0.478 e. The topological polar surface area (TPSA) is 130 Å². The third-order valence-corrected chi connectivity index (χ3v) is 4.52. The predicted molar refractivity (Wildman–Crippen MR) is 76.3 cm³/mol. The fraction of sp³-hybridized carbons (Fsp3) is 0.333. The van der Waals surface area contributed by atoms with Gasteiger partial charge in [0.2, 0.25) is 15.9 Å². The van der Waals surface area contributed by atoms with Gasteiger partial charge in [-0.05, 0) is 25.1 Å². The lowest BCUT2D eigenvalue weighted by Gasteiger charge is -2.18. The molecule has 1 aromatic carbocycles. The molecule has 8 nitrogen and oxygen atoms in total. The van der Waals surface area contributed by atoms with Crippen LogP contribution in [0.25, 0.3) is 0 Å². The number of hydrogen-bond donors (Lipinski definition) is 3. The Balaban J connectivity index is 3.19. The third kappa shape index (κ3) is 3.92. The molecule has 0 saturated carbocycles. The maximum atomic E-state index is 12.4. The van der Waals surface area contributed by atoms with Gasteiger partial charge in [-0.2, -0.15) is 4.31 Å². The van der Waals surface area contributed by atoms with Crippen molar-refractivity contribution in [2.45, 2.75) is 11.8 Å². The molecule has 0 aliphatic heterocycles. The standard InChI is InChI=1S/C12H17N3O5S/c1-3-14-11(16)7-15(2)21(19,20)10-5-4-8(13)6-9(10)12(17)18/h4-6H,3,7,13H2,1-2H3,(H,14,16)(H,17,18). The lowest BCUT2D eigenvalue weighted by Crippen LogP contribution is -2.38. The molecule has 0 aliphatic carbocycles. The summed E-state index contributed by atoms with van der Waals surface area (Å²) in [6, 6.07) is 3.47. The van der Waals surface area contributed by atoms with Crippen molar-refractivity contribution in [3.63, 3.8) is 0 Å². The van der Waals surface area contributed by atoms with E-state index in [1.54, 1.807) is 6.92 Å². The van der Waals surface area contributed by atoms with Crippen molar-refractivity contribution in [2.24, 2.45) is 0 Å². The zero-order valence-electron chi connectivity index (χ0n) is 11.7. The number of aromatic carboxylic acids is 1. The summed E-state index contributed by atoms with van der Waals surface area (Å²) in [7, 11) is -2.91. The first-order valence-corrected chi connectivity index (χ1v) is 7.50. The van der Waals surface area contributed by atoms with Gasteiger partial charge >= 0.3 is 5.97 Å². The number of anilines is 1. The molecule has 0 saturated heterocycles. The summed E-state index contributed by atoms with van der Waals surface area (Å²) in [5.74, 6) is -1.89. The molecule has 4 N–H and O–H groups in total. The second-order valence-electron chi connectivity index (χ2n) is 4.28. The minimum absolute atomic E-state index is 0.137. The summed E-state index contributed by atoms with van der Waals surface area (Å²) in [6.45, 7) is 1.67. The van der Waals surface area contributed by atoms with Gasteiger partial charge in [-0.3, -0.25) is 4.79 Å². The Hall–Kier alpha value is -2.13. The second kappa shape index (κ2) is 6.55. The number of nitrogens with one attached hydrogen (secondary N) is 1. The van der Waals surface area contributed by atoms with Crippen LogP contribution in [0, 0.1) is 0 Å². The summed E-state index contributed by atoms with van der Waals surface area (Å²) in [5, 5.41) is 11.5. The quantitative estimate of drug-likeness (QED) is 0.619. The minimum atomic E-state index is -4.11. The van der Waals surface area contributed by atoms with Crippen LogP contribution < -0.4 is 11.1 Å². The number of likely N-dealkylation sites (N-methyl/N-ethyl adjacent to an activating group) is 2. The lowest BCUT2D eigenvalue weighted by molar-refractivity contribution is -0.121. The molecule has 0 atom stereocenters. The Bertz CT molecular complexity index is 657. The van der Waals surface area contributed by atoms with Crippen molar-refractivity contribution in [2.75, 3.05) is 25.9 Å². The van der Waals surface area contributed by atoms with Crippen LogP contribution >= 0.6 is 0 Å². The fourth-order valence-electron chi connectivity index (χ4n) is 1.65. The zero-order valence-corrected chi connectivity index (χ0v) is 12.5. The van der Waals surface area contributed by atoms with E-state index >= 15 is 0 Å². The van der Waals surface area contributed by atoms with Gasteiger partial charge in [-0.15, -0.1) is 0 Å². The van der Waals surface area contributed by atoms with E-state index in [0.29, 0.717) is 6.54 Å². The summed E-state index contributed by atoms with van der Waals surface area (Å²) < 4.78 is 25.5. The lowest BCUT2D eigenvalue weighted by atomic mass is 10.2. The van der Waals surface area contributed by atoms with Crippen molar-refractivity contribution < 1.29 is 23.1 Å². The average Bonchev–Trinajstić information content (AvgIpc) is 2.38. The van der Waals surface area contributed by atoms with Gasteiger partial charge in [0, 0.05) is 19.3 Å². The van der Waals surface area contributed by atoms with Gasteiger partial charge in [0.25, 0.3) is 0 Å². The van der Waals surface area contributed by atoms with Gasteiger partial charge in [-0.25, -0.2) is 13.2 Å². The van der Waals surface area contributed by atoms with Gasteiger partial charge in [0.1, 0.15) is 0 Å². The highest BCUT2D eigenvalue weighted by Crippen LogP contribution is 2.21. The van der Waals surface area contributed by atoms with E-state index in [0.717, 1.165) is 16.4 Å². The number of rotatable bonds is 6. The molecule has 9 heteroatoms. The number of carbonyl (C=O) groups is 2. The number of amides is 1. The molecule has 1 aromatic rings. The molecule has 0 radical (unpaired) electrons. The number of sulfonamides is 1. The van der Waals surface area contributed by atoms with E-state index in [1.165, 1.54) is 13.1 Å². The number of benzene rings is 1. The van der Waals surface area contributed by atoms with Crippen LogP contribution in [-0.2, 0) is 14.8 Å². The molecule has 1 amide bonds. The molecule has 0 bridgehead atoms. The number of hydrogen-bond acceptors (Lipinski definition) is 5. The van der Waals surface area contributed by atoms with E-state index in [9.17, 15) is 18.0 Å². The predicted octanol–water partition coefficient (Wildman–Crippen LogP) is -0.276. The van der Waals surface area contributed by atoms with Crippen LogP contribution in [0.4, 0.5) is 5.69 Å². The SMILES string of the molecule is CCNC(=O)CN(C)S(=O)(=O)c1ccc(N)cc1C(=O)O. The van der Waals surface area contributed by atoms with E-state index in [1.807, 2.05) is 0 Å². The zero-order chi connectivity index (χ0) is 16.2. The third-order valence-electron chi connectivity index (χ3n) is 2.66. The second-order valence-corrected chi connectivity index (χ2v) is 6.29. The summed E-state index contributed by atoms with van der Waals surface area (Å²) >= 11 is 0. The van der Waals surface area contributed by atoms with Crippen LogP contribution in [0.5, 0.6) is 0 Å². The number of carboxylic acid groups (broad SMARTS) is 1. The molecule has 0 spiro atoms. The summed E-state index contributed by atoms with van der Waals surface area (Å²) in [5.41, 5.74) is 5.17. The van der Waals surface area contributed by atoms with Crippen molar-refractivity contribution in [3.8, 4) is 0 Å². The minimum Gasteiger partial charge on any atom is -0.478 e. The van der Waals surface area contributed by atoms with Gasteiger partial charge < -0.3 is 16.2 Å².